The van der Waals surface area contributed by atoms with Gasteiger partial charge in [0.1, 0.15) is 11.5 Å². The molecule has 2 aromatic rings. The van der Waals surface area contributed by atoms with Gasteiger partial charge in [-0.05, 0) is 49.1 Å². The first-order chi connectivity index (χ1) is 12.0. The number of para-hydroxylation sites is 1. The molecule has 0 aromatic heterocycles. The zero-order valence-corrected chi connectivity index (χ0v) is 15.4. The molecule has 0 unspecified atom stereocenters. The summed E-state index contributed by atoms with van der Waals surface area (Å²) in [6.45, 7) is 6.06. The first-order valence-corrected chi connectivity index (χ1v) is 8.65. The zero-order valence-electron chi connectivity index (χ0n) is 15.4. The lowest BCUT2D eigenvalue weighted by Crippen LogP contribution is -2.39. The molecule has 0 radical (unpaired) electrons. The highest BCUT2D eigenvalue weighted by Crippen LogP contribution is 2.24. The summed E-state index contributed by atoms with van der Waals surface area (Å²) in [6.07, 6.45) is 0.297. The Labute approximate surface area is 150 Å². The van der Waals surface area contributed by atoms with Gasteiger partial charge in [0, 0.05) is 0 Å². The van der Waals surface area contributed by atoms with Gasteiger partial charge in [-0.2, -0.15) is 0 Å². The average molecular weight is 341 g/mol. The Kier molecular flexibility index (Phi) is 6.87. The number of methoxy groups -OCH3 is 1. The summed E-state index contributed by atoms with van der Waals surface area (Å²) in [4.78, 5) is 12.6. The lowest BCUT2D eigenvalue weighted by molar-refractivity contribution is -0.128. The smallest absolute Gasteiger partial charge is 0.261 e. The maximum Gasteiger partial charge on any atom is 0.261 e. The van der Waals surface area contributed by atoms with Gasteiger partial charge in [-0.3, -0.25) is 4.79 Å². The maximum atomic E-state index is 12.6. The summed E-state index contributed by atoms with van der Waals surface area (Å²) in [6, 6.07) is 17.1. The Morgan fingerprint density at radius 3 is 2.16 bits per heavy atom. The van der Waals surface area contributed by atoms with Crippen molar-refractivity contribution in [3.05, 3.63) is 60.2 Å². The van der Waals surface area contributed by atoms with E-state index < -0.39 is 6.10 Å². The van der Waals surface area contributed by atoms with Gasteiger partial charge in [0.05, 0.1) is 13.2 Å². The summed E-state index contributed by atoms with van der Waals surface area (Å²) in [5.74, 6) is 1.83. The van der Waals surface area contributed by atoms with E-state index in [1.807, 2.05) is 54.6 Å². The van der Waals surface area contributed by atoms with Crippen molar-refractivity contribution >= 4 is 5.91 Å². The van der Waals surface area contributed by atoms with Gasteiger partial charge in [-0.15, -0.1) is 0 Å². The number of hydrogen-bond donors (Lipinski definition) is 1. The Bertz CT molecular complexity index is 653. The molecule has 0 saturated carbocycles. The van der Waals surface area contributed by atoms with Crippen LogP contribution in [0.4, 0.5) is 0 Å². The number of carbonyl (C=O) groups is 1. The van der Waals surface area contributed by atoms with Crippen LogP contribution in [0.3, 0.4) is 0 Å². The highest BCUT2D eigenvalue weighted by molar-refractivity contribution is 5.81. The molecule has 2 atom stereocenters. The second kappa shape index (κ2) is 9.11. The molecule has 25 heavy (non-hydrogen) atoms. The summed E-state index contributed by atoms with van der Waals surface area (Å²) < 4.78 is 10.9. The third-order valence-electron chi connectivity index (χ3n) is 3.97. The zero-order chi connectivity index (χ0) is 18.2. The van der Waals surface area contributed by atoms with Crippen LogP contribution in [0.5, 0.6) is 11.5 Å². The molecule has 0 bridgehead atoms. The van der Waals surface area contributed by atoms with E-state index in [4.69, 9.17) is 9.47 Å². The van der Waals surface area contributed by atoms with Gasteiger partial charge in [0.15, 0.2) is 6.10 Å². The molecule has 0 fully saturated rings. The first-order valence-electron chi connectivity index (χ1n) is 8.65. The molecule has 0 spiro atoms. The van der Waals surface area contributed by atoms with E-state index in [2.05, 4.69) is 19.2 Å². The topological polar surface area (TPSA) is 47.6 Å². The quantitative estimate of drug-likeness (QED) is 0.776. The number of carbonyl (C=O) groups excluding carboxylic acids is 1. The standard InChI is InChI=1S/C21H27NO3/c1-15(2)14-20(17-10-12-18(24-4)13-11-17)22-21(23)16(3)25-19-8-6-5-7-9-19/h5-13,15-16,20H,14H2,1-4H3,(H,22,23)/t16-,20-/m0/s1. The SMILES string of the molecule is COc1ccc([C@H](CC(C)C)NC(=O)[C@H](C)Oc2ccccc2)cc1. The molecule has 1 amide bonds. The van der Waals surface area contributed by atoms with Gasteiger partial charge in [-0.1, -0.05) is 44.2 Å². The lowest BCUT2D eigenvalue weighted by atomic mass is 9.96. The van der Waals surface area contributed by atoms with Crippen molar-refractivity contribution < 1.29 is 14.3 Å². The first kappa shape index (κ1) is 18.8. The molecular formula is C21H27NO3. The Balaban J connectivity index is 2.05. The number of hydrogen-bond acceptors (Lipinski definition) is 3. The summed E-state index contributed by atoms with van der Waals surface area (Å²) in [5, 5.41) is 3.12. The van der Waals surface area contributed by atoms with Gasteiger partial charge in [-0.25, -0.2) is 0 Å². The fourth-order valence-corrected chi connectivity index (χ4v) is 2.63. The predicted octanol–water partition coefficient (Wildman–Crippen LogP) is 4.37. The van der Waals surface area contributed by atoms with Crippen LogP contribution in [0.1, 0.15) is 38.8 Å². The van der Waals surface area contributed by atoms with Gasteiger partial charge >= 0.3 is 0 Å². The van der Waals surface area contributed by atoms with Gasteiger partial charge in [0.2, 0.25) is 0 Å². The van der Waals surface area contributed by atoms with Crippen LogP contribution in [-0.4, -0.2) is 19.1 Å². The number of rotatable bonds is 8. The third kappa shape index (κ3) is 5.82. The van der Waals surface area contributed by atoms with Crippen LogP contribution in [0, 0.1) is 5.92 Å². The van der Waals surface area contributed by atoms with E-state index >= 15 is 0 Å². The molecule has 4 nitrogen and oxygen atoms in total. The minimum Gasteiger partial charge on any atom is -0.497 e. The van der Waals surface area contributed by atoms with E-state index in [0.717, 1.165) is 17.7 Å². The van der Waals surface area contributed by atoms with Crippen molar-refractivity contribution in [3.63, 3.8) is 0 Å². The second-order valence-corrected chi connectivity index (χ2v) is 6.54. The van der Waals surface area contributed by atoms with Crippen LogP contribution in [0.25, 0.3) is 0 Å². The van der Waals surface area contributed by atoms with Crippen molar-refractivity contribution in [2.75, 3.05) is 7.11 Å². The molecule has 2 aromatic carbocycles. The second-order valence-electron chi connectivity index (χ2n) is 6.54. The highest BCUT2D eigenvalue weighted by Gasteiger charge is 2.21. The van der Waals surface area contributed by atoms with Crippen molar-refractivity contribution in [2.24, 2.45) is 5.92 Å². The van der Waals surface area contributed by atoms with Gasteiger partial charge in [0.25, 0.3) is 5.91 Å². The predicted molar refractivity (Wildman–Crippen MR) is 99.9 cm³/mol. The summed E-state index contributed by atoms with van der Waals surface area (Å²) in [7, 11) is 1.64. The monoisotopic (exact) mass is 341 g/mol. The van der Waals surface area contributed by atoms with Crippen molar-refractivity contribution in [1.82, 2.24) is 5.32 Å². The van der Waals surface area contributed by atoms with Crippen LogP contribution in [0.15, 0.2) is 54.6 Å². The average Bonchev–Trinajstić information content (AvgIpc) is 2.61. The van der Waals surface area contributed by atoms with E-state index in [1.54, 1.807) is 14.0 Å². The molecule has 0 heterocycles. The minimum atomic E-state index is -0.560. The van der Waals surface area contributed by atoms with E-state index in [0.29, 0.717) is 11.7 Å². The van der Waals surface area contributed by atoms with Crippen LogP contribution >= 0.6 is 0 Å². The Morgan fingerprint density at radius 2 is 1.60 bits per heavy atom. The largest absolute Gasteiger partial charge is 0.497 e. The number of benzene rings is 2. The minimum absolute atomic E-state index is 0.0553. The van der Waals surface area contributed by atoms with Crippen LogP contribution < -0.4 is 14.8 Å². The number of nitrogens with one attached hydrogen (secondary N) is 1. The highest BCUT2D eigenvalue weighted by atomic mass is 16.5. The van der Waals surface area contributed by atoms with Crippen molar-refractivity contribution in [1.29, 1.82) is 0 Å². The molecule has 2 rings (SSSR count). The molecule has 1 N–H and O–H groups in total. The number of amides is 1. The Morgan fingerprint density at radius 1 is 0.960 bits per heavy atom. The number of ether oxygens (including phenoxy) is 2. The molecule has 0 saturated heterocycles. The summed E-state index contributed by atoms with van der Waals surface area (Å²) >= 11 is 0. The molecular weight excluding hydrogens is 314 g/mol. The molecule has 134 valence electrons. The fourth-order valence-electron chi connectivity index (χ4n) is 2.63. The van der Waals surface area contributed by atoms with E-state index in [9.17, 15) is 4.79 Å². The van der Waals surface area contributed by atoms with Crippen molar-refractivity contribution in [2.45, 2.75) is 39.3 Å². The molecule has 0 aliphatic carbocycles. The van der Waals surface area contributed by atoms with Gasteiger partial charge < -0.3 is 14.8 Å². The van der Waals surface area contributed by atoms with Crippen LogP contribution in [0.2, 0.25) is 0 Å². The normalized spacial score (nSPS) is 13.2. The van der Waals surface area contributed by atoms with E-state index in [-0.39, 0.29) is 11.9 Å². The fraction of sp³-hybridized carbons (Fsp3) is 0.381. The Hall–Kier alpha value is -2.49. The van der Waals surface area contributed by atoms with Crippen LogP contribution in [-0.2, 0) is 4.79 Å². The molecule has 4 heteroatoms. The third-order valence-corrected chi connectivity index (χ3v) is 3.97. The lowest BCUT2D eigenvalue weighted by Gasteiger charge is -2.23. The van der Waals surface area contributed by atoms with Crippen molar-refractivity contribution in [3.8, 4) is 11.5 Å². The molecule has 0 aliphatic rings. The maximum absolute atomic E-state index is 12.6. The van der Waals surface area contributed by atoms with E-state index in [1.165, 1.54) is 0 Å². The molecule has 0 aliphatic heterocycles. The summed E-state index contributed by atoms with van der Waals surface area (Å²) in [5.41, 5.74) is 1.06.